The van der Waals surface area contributed by atoms with E-state index in [9.17, 15) is 0 Å². The minimum absolute atomic E-state index is 0.383. The van der Waals surface area contributed by atoms with Crippen molar-refractivity contribution in [3.63, 3.8) is 0 Å². The molecule has 8 bridgehead atoms. The SMILES string of the molecule is CC12CC3CC(C)(C1)CC(C14CC5CC(C)(CC(C)(C5)C1c1cc(C#C[Si](C)(C)C)cc(C#C[Si](C)(C)C)c1)C4)(C3)C2. The lowest BCUT2D eigenvalue weighted by Gasteiger charge is -2.79. The van der Waals surface area contributed by atoms with Crippen LogP contribution in [0, 0.1) is 67.3 Å². The van der Waals surface area contributed by atoms with Crippen LogP contribution < -0.4 is 0 Å². The highest BCUT2D eigenvalue weighted by Crippen LogP contribution is 2.84. The van der Waals surface area contributed by atoms with Gasteiger partial charge in [-0.1, -0.05) is 78.8 Å². The summed E-state index contributed by atoms with van der Waals surface area (Å²) < 4.78 is 0. The summed E-state index contributed by atoms with van der Waals surface area (Å²) in [4.78, 5) is 0. The van der Waals surface area contributed by atoms with Gasteiger partial charge in [-0.2, -0.15) is 0 Å². The second-order valence-corrected chi connectivity index (χ2v) is 30.1. The molecule has 8 fully saturated rings. The summed E-state index contributed by atoms with van der Waals surface area (Å²) in [5.41, 5.74) is 14.5. The molecular formula is C40H58Si2. The first-order valence-electron chi connectivity index (χ1n) is 17.5. The van der Waals surface area contributed by atoms with Crippen molar-refractivity contribution in [2.75, 3.05) is 0 Å². The van der Waals surface area contributed by atoms with Gasteiger partial charge in [0.1, 0.15) is 16.1 Å². The summed E-state index contributed by atoms with van der Waals surface area (Å²) in [6, 6.07) is 7.50. The number of hydrogen-bond acceptors (Lipinski definition) is 0. The molecule has 7 unspecified atom stereocenters. The Morgan fingerprint density at radius 2 is 1.07 bits per heavy atom. The highest BCUT2D eigenvalue weighted by molar-refractivity contribution is 6.84. The summed E-state index contributed by atoms with van der Waals surface area (Å²) in [6.45, 7) is 25.1. The molecule has 0 heterocycles. The second-order valence-electron chi connectivity index (χ2n) is 20.6. The third-order valence-electron chi connectivity index (χ3n) is 13.1. The average Bonchev–Trinajstić information content (AvgIpc) is 2.76. The maximum absolute atomic E-state index is 3.73. The van der Waals surface area contributed by atoms with E-state index >= 15 is 0 Å². The van der Waals surface area contributed by atoms with E-state index < -0.39 is 16.1 Å². The Morgan fingerprint density at radius 1 is 0.571 bits per heavy atom. The van der Waals surface area contributed by atoms with Crippen molar-refractivity contribution in [1.29, 1.82) is 0 Å². The molecule has 0 N–H and O–H groups in total. The van der Waals surface area contributed by atoms with Crippen LogP contribution in [0.4, 0.5) is 0 Å². The molecule has 2 heteroatoms. The van der Waals surface area contributed by atoms with Crippen LogP contribution in [-0.4, -0.2) is 16.1 Å². The fourth-order valence-corrected chi connectivity index (χ4v) is 15.2. The minimum atomic E-state index is -1.48. The van der Waals surface area contributed by atoms with Crippen LogP contribution in [0.25, 0.3) is 0 Å². The Bertz CT molecular complexity index is 1380. The number of rotatable bonds is 2. The zero-order valence-corrected chi connectivity index (χ0v) is 30.7. The van der Waals surface area contributed by atoms with E-state index in [1.165, 1.54) is 81.8 Å². The van der Waals surface area contributed by atoms with E-state index in [1.807, 2.05) is 0 Å². The van der Waals surface area contributed by atoms with Gasteiger partial charge in [0.05, 0.1) is 0 Å². The van der Waals surface area contributed by atoms with Gasteiger partial charge in [0.15, 0.2) is 0 Å². The zero-order valence-electron chi connectivity index (χ0n) is 28.7. The number of benzene rings is 1. The van der Waals surface area contributed by atoms with Crippen LogP contribution in [0.3, 0.4) is 0 Å². The summed E-state index contributed by atoms with van der Waals surface area (Å²) in [7, 11) is -2.97. The molecule has 9 rings (SSSR count). The molecule has 226 valence electrons. The molecule has 0 aromatic heterocycles. The smallest absolute Gasteiger partial charge is 0.127 e. The molecule has 8 saturated carbocycles. The zero-order chi connectivity index (χ0) is 30.2. The summed E-state index contributed by atoms with van der Waals surface area (Å²) in [5, 5.41) is 0. The first-order valence-corrected chi connectivity index (χ1v) is 24.5. The maximum Gasteiger partial charge on any atom is 0.129 e. The molecule has 0 aliphatic heterocycles. The van der Waals surface area contributed by atoms with Crippen LogP contribution in [0.15, 0.2) is 18.2 Å². The van der Waals surface area contributed by atoms with Crippen molar-refractivity contribution in [3.05, 3.63) is 34.9 Å². The van der Waals surface area contributed by atoms with Crippen LogP contribution in [-0.2, 0) is 0 Å². The molecule has 7 atom stereocenters. The van der Waals surface area contributed by atoms with Crippen molar-refractivity contribution in [2.24, 2.45) is 44.3 Å². The van der Waals surface area contributed by atoms with E-state index in [1.54, 1.807) is 5.56 Å². The topological polar surface area (TPSA) is 0 Å². The maximum atomic E-state index is 3.73. The van der Waals surface area contributed by atoms with Gasteiger partial charge in [0.2, 0.25) is 0 Å². The van der Waals surface area contributed by atoms with Gasteiger partial charge in [-0.3, -0.25) is 0 Å². The molecule has 0 saturated heterocycles. The molecule has 0 radical (unpaired) electrons. The summed E-state index contributed by atoms with van der Waals surface area (Å²) in [6.07, 6.45) is 16.3. The van der Waals surface area contributed by atoms with Crippen molar-refractivity contribution in [1.82, 2.24) is 0 Å². The van der Waals surface area contributed by atoms with Gasteiger partial charge in [0, 0.05) is 11.1 Å². The van der Waals surface area contributed by atoms with Gasteiger partial charge in [-0.05, 0) is 145 Å². The lowest BCUT2D eigenvalue weighted by molar-refractivity contribution is -0.275. The standard InChI is InChI=1S/C40H58Si2/c1-35-18-31-19-36(2,24-35)27-39(22-31,26-35)40-23-32-20-37(3,28-40)25-38(4,21-32)34(40)33-16-29(11-13-41(5,6)7)15-30(17-33)12-14-42(8,9)10/h15-17,31-32,34H,18-28H2,1-10H3. The van der Waals surface area contributed by atoms with E-state index in [4.69, 9.17) is 0 Å². The van der Waals surface area contributed by atoms with E-state index in [-0.39, 0.29) is 0 Å². The summed E-state index contributed by atoms with van der Waals surface area (Å²) >= 11 is 0. The molecule has 8 aliphatic carbocycles. The molecule has 0 nitrogen and oxygen atoms in total. The molecule has 1 aromatic carbocycles. The van der Waals surface area contributed by atoms with Crippen molar-refractivity contribution in [2.45, 2.75) is 144 Å². The largest absolute Gasteiger partial charge is 0.129 e. The van der Waals surface area contributed by atoms with E-state index in [2.05, 4.69) is 108 Å². The fourth-order valence-electron chi connectivity index (χ4n) is 14.2. The third kappa shape index (κ3) is 4.76. The van der Waals surface area contributed by atoms with Crippen LogP contribution in [0.1, 0.15) is 121 Å². The quantitative estimate of drug-likeness (QED) is 0.236. The van der Waals surface area contributed by atoms with Gasteiger partial charge in [-0.15, -0.1) is 11.1 Å². The van der Waals surface area contributed by atoms with Gasteiger partial charge < -0.3 is 0 Å². The first-order chi connectivity index (χ1) is 19.2. The van der Waals surface area contributed by atoms with Crippen molar-refractivity contribution < 1.29 is 0 Å². The van der Waals surface area contributed by atoms with Crippen molar-refractivity contribution in [3.8, 4) is 22.9 Å². The molecule has 0 amide bonds. The fraction of sp³-hybridized carbons (Fsp3) is 0.750. The van der Waals surface area contributed by atoms with Crippen LogP contribution in [0.5, 0.6) is 0 Å². The number of hydrogen-bond donors (Lipinski definition) is 0. The summed E-state index contributed by atoms with van der Waals surface area (Å²) in [5.74, 6) is 9.96. The molecule has 0 spiro atoms. The molecular weight excluding hydrogens is 537 g/mol. The van der Waals surface area contributed by atoms with E-state index in [0.717, 1.165) is 11.8 Å². The Labute approximate surface area is 261 Å². The first kappa shape index (κ1) is 29.5. The average molecular weight is 595 g/mol. The minimum Gasteiger partial charge on any atom is -0.127 e. The van der Waals surface area contributed by atoms with Gasteiger partial charge in [-0.25, -0.2) is 0 Å². The highest BCUT2D eigenvalue weighted by atomic mass is 28.3. The van der Waals surface area contributed by atoms with Crippen LogP contribution >= 0.6 is 0 Å². The van der Waals surface area contributed by atoms with Gasteiger partial charge >= 0.3 is 0 Å². The Morgan fingerprint density at radius 3 is 1.55 bits per heavy atom. The molecule has 8 aliphatic rings. The Kier molecular flexibility index (Phi) is 6.13. The Hall–Kier alpha value is -1.23. The Balaban J connectivity index is 1.44. The monoisotopic (exact) mass is 594 g/mol. The van der Waals surface area contributed by atoms with Crippen molar-refractivity contribution >= 4 is 16.1 Å². The molecule has 42 heavy (non-hydrogen) atoms. The lowest BCUT2D eigenvalue weighted by atomic mass is 9.25. The van der Waals surface area contributed by atoms with Gasteiger partial charge in [0.25, 0.3) is 0 Å². The normalized spacial score (nSPS) is 46.7. The second kappa shape index (κ2) is 8.73. The highest BCUT2D eigenvalue weighted by Gasteiger charge is 2.75. The van der Waals surface area contributed by atoms with E-state index in [0.29, 0.717) is 38.4 Å². The predicted octanol–water partition coefficient (Wildman–Crippen LogP) is 10.8. The lowest BCUT2D eigenvalue weighted by Crippen LogP contribution is -2.69. The molecule has 1 aromatic rings. The third-order valence-corrected chi connectivity index (χ3v) is 14.9. The van der Waals surface area contributed by atoms with Crippen LogP contribution in [0.2, 0.25) is 39.3 Å². The predicted molar refractivity (Wildman–Crippen MR) is 185 cm³/mol.